The van der Waals surface area contributed by atoms with Crippen molar-refractivity contribution in [3.63, 3.8) is 0 Å². The molecular weight excluding hydrogens is 362 g/mol. The van der Waals surface area contributed by atoms with Crippen LogP contribution in [-0.4, -0.2) is 36.7 Å². The van der Waals surface area contributed by atoms with Gasteiger partial charge < -0.3 is 5.32 Å². The Morgan fingerprint density at radius 1 is 1.11 bits per heavy atom. The second-order valence-electron chi connectivity index (χ2n) is 6.00. The Labute approximate surface area is 161 Å². The number of nitrogens with zero attached hydrogens (tertiary/aromatic N) is 2. The summed E-state index contributed by atoms with van der Waals surface area (Å²) < 4.78 is 26.3. The molecule has 1 unspecified atom stereocenters. The number of carbonyl (C=O) groups excluding carboxylic acids is 1. The van der Waals surface area contributed by atoms with Crippen LogP contribution in [-0.2, 0) is 14.8 Å². The van der Waals surface area contributed by atoms with Crippen molar-refractivity contribution in [3.05, 3.63) is 66.0 Å². The maximum atomic E-state index is 12.5. The Morgan fingerprint density at radius 2 is 1.70 bits per heavy atom. The van der Waals surface area contributed by atoms with Gasteiger partial charge in [-0.05, 0) is 48.4 Å². The maximum Gasteiger partial charge on any atom is 0.244 e. The standard InChI is InChI=1S/C20H25N3O3S/c1-4-23(5-2)27(25,26)19-9-6-17(7-10-19)8-11-20(24)22-16(3)18-12-14-21-15-13-18/h6-16H,4-5H2,1-3H3,(H,22,24)/b11-8+. The van der Waals surface area contributed by atoms with Gasteiger partial charge in [0.1, 0.15) is 0 Å². The number of aromatic nitrogens is 1. The number of rotatable bonds is 8. The molecule has 1 amide bonds. The van der Waals surface area contributed by atoms with Gasteiger partial charge in [-0.2, -0.15) is 4.31 Å². The largest absolute Gasteiger partial charge is 0.346 e. The molecule has 0 spiro atoms. The molecule has 1 heterocycles. The van der Waals surface area contributed by atoms with Gasteiger partial charge in [-0.25, -0.2) is 8.42 Å². The highest BCUT2D eigenvalue weighted by Crippen LogP contribution is 2.17. The number of pyridine rings is 1. The van der Waals surface area contributed by atoms with Crippen molar-refractivity contribution in [1.29, 1.82) is 0 Å². The molecule has 1 atom stereocenters. The summed E-state index contributed by atoms with van der Waals surface area (Å²) in [6, 6.07) is 10.1. The summed E-state index contributed by atoms with van der Waals surface area (Å²) in [4.78, 5) is 16.3. The normalized spacial score (nSPS) is 13.0. The highest BCUT2D eigenvalue weighted by atomic mass is 32.2. The van der Waals surface area contributed by atoms with Crippen LogP contribution in [0.5, 0.6) is 0 Å². The molecule has 27 heavy (non-hydrogen) atoms. The molecule has 6 nitrogen and oxygen atoms in total. The van der Waals surface area contributed by atoms with Crippen LogP contribution in [0.2, 0.25) is 0 Å². The number of sulfonamides is 1. The monoisotopic (exact) mass is 387 g/mol. The van der Waals surface area contributed by atoms with Crippen molar-refractivity contribution in [1.82, 2.24) is 14.6 Å². The molecule has 0 fully saturated rings. The number of amides is 1. The third-order valence-corrected chi connectivity index (χ3v) is 6.28. The van der Waals surface area contributed by atoms with E-state index in [0.717, 1.165) is 11.1 Å². The highest BCUT2D eigenvalue weighted by molar-refractivity contribution is 7.89. The van der Waals surface area contributed by atoms with Crippen molar-refractivity contribution >= 4 is 22.0 Å². The minimum atomic E-state index is -3.47. The van der Waals surface area contributed by atoms with Gasteiger partial charge in [0.05, 0.1) is 10.9 Å². The van der Waals surface area contributed by atoms with Crippen LogP contribution < -0.4 is 5.32 Å². The SMILES string of the molecule is CCN(CC)S(=O)(=O)c1ccc(/C=C/C(=O)NC(C)c2ccncc2)cc1. The number of nitrogens with one attached hydrogen (secondary N) is 1. The molecule has 7 heteroatoms. The first kappa shape index (κ1) is 20.8. The van der Waals surface area contributed by atoms with Crippen LogP contribution in [0, 0.1) is 0 Å². The van der Waals surface area contributed by atoms with E-state index < -0.39 is 10.0 Å². The topological polar surface area (TPSA) is 79.4 Å². The first-order valence-electron chi connectivity index (χ1n) is 8.87. The summed E-state index contributed by atoms with van der Waals surface area (Å²) in [5.74, 6) is -0.223. The van der Waals surface area contributed by atoms with Gasteiger partial charge in [0.25, 0.3) is 0 Å². The molecule has 1 aromatic heterocycles. The zero-order chi connectivity index (χ0) is 19.9. The van der Waals surface area contributed by atoms with Gasteiger partial charge in [-0.1, -0.05) is 26.0 Å². The lowest BCUT2D eigenvalue weighted by Gasteiger charge is -2.18. The molecule has 0 saturated heterocycles. The van der Waals surface area contributed by atoms with Crippen LogP contribution in [0.1, 0.15) is 37.9 Å². The van der Waals surface area contributed by atoms with E-state index in [9.17, 15) is 13.2 Å². The van der Waals surface area contributed by atoms with Crippen molar-refractivity contribution in [3.8, 4) is 0 Å². The molecular formula is C20H25N3O3S. The third-order valence-electron chi connectivity index (χ3n) is 4.22. The fourth-order valence-corrected chi connectivity index (χ4v) is 4.09. The number of carbonyl (C=O) groups is 1. The molecule has 0 radical (unpaired) electrons. The molecule has 0 saturated carbocycles. The maximum absolute atomic E-state index is 12.5. The van der Waals surface area contributed by atoms with Crippen molar-refractivity contribution < 1.29 is 13.2 Å². The lowest BCUT2D eigenvalue weighted by atomic mass is 10.1. The predicted molar refractivity (Wildman–Crippen MR) is 106 cm³/mol. The molecule has 0 aliphatic rings. The second kappa shape index (κ2) is 9.43. The summed E-state index contributed by atoms with van der Waals surface area (Å²) in [5.41, 5.74) is 1.72. The van der Waals surface area contributed by atoms with Crippen LogP contribution in [0.25, 0.3) is 6.08 Å². The van der Waals surface area contributed by atoms with Gasteiger partial charge >= 0.3 is 0 Å². The fourth-order valence-electron chi connectivity index (χ4n) is 2.63. The second-order valence-corrected chi connectivity index (χ2v) is 7.94. The Balaban J connectivity index is 2.02. The smallest absolute Gasteiger partial charge is 0.244 e. The van der Waals surface area contributed by atoms with E-state index in [-0.39, 0.29) is 16.8 Å². The quantitative estimate of drug-likeness (QED) is 0.706. The summed E-state index contributed by atoms with van der Waals surface area (Å²) >= 11 is 0. The van der Waals surface area contributed by atoms with Crippen LogP contribution in [0.4, 0.5) is 0 Å². The Kier molecular flexibility index (Phi) is 7.27. The fraction of sp³-hybridized carbons (Fsp3) is 0.300. The van der Waals surface area contributed by atoms with Crippen molar-refractivity contribution in [2.24, 2.45) is 0 Å². The molecule has 1 N–H and O–H groups in total. The number of hydrogen-bond acceptors (Lipinski definition) is 4. The molecule has 0 bridgehead atoms. The van der Waals surface area contributed by atoms with Gasteiger partial charge in [0, 0.05) is 31.6 Å². The minimum absolute atomic E-state index is 0.133. The van der Waals surface area contributed by atoms with Crippen LogP contribution in [0.15, 0.2) is 59.8 Å². The summed E-state index contributed by atoms with van der Waals surface area (Å²) in [6.45, 7) is 6.37. The highest BCUT2D eigenvalue weighted by Gasteiger charge is 2.20. The predicted octanol–water partition coefficient (Wildman–Crippen LogP) is 3.00. The lowest BCUT2D eigenvalue weighted by Crippen LogP contribution is -2.30. The van der Waals surface area contributed by atoms with Crippen molar-refractivity contribution in [2.75, 3.05) is 13.1 Å². The molecule has 2 aromatic rings. The van der Waals surface area contributed by atoms with E-state index in [1.807, 2.05) is 32.9 Å². The van der Waals surface area contributed by atoms with Gasteiger partial charge in [0.2, 0.25) is 15.9 Å². The average molecular weight is 388 g/mol. The molecule has 0 aliphatic heterocycles. The Morgan fingerprint density at radius 3 is 2.26 bits per heavy atom. The minimum Gasteiger partial charge on any atom is -0.346 e. The molecule has 1 aromatic carbocycles. The zero-order valence-corrected chi connectivity index (χ0v) is 16.6. The van der Waals surface area contributed by atoms with E-state index in [0.29, 0.717) is 13.1 Å². The van der Waals surface area contributed by atoms with E-state index in [1.165, 1.54) is 10.4 Å². The summed E-state index contributed by atoms with van der Waals surface area (Å²) in [7, 11) is -3.47. The van der Waals surface area contributed by atoms with E-state index in [2.05, 4.69) is 10.3 Å². The van der Waals surface area contributed by atoms with Crippen LogP contribution >= 0.6 is 0 Å². The Bertz CT molecular complexity index is 874. The first-order chi connectivity index (χ1) is 12.9. The summed E-state index contributed by atoms with van der Waals surface area (Å²) in [5, 5.41) is 2.88. The van der Waals surface area contributed by atoms with Gasteiger partial charge in [-0.3, -0.25) is 9.78 Å². The van der Waals surface area contributed by atoms with Gasteiger partial charge in [-0.15, -0.1) is 0 Å². The average Bonchev–Trinajstić information content (AvgIpc) is 2.68. The van der Waals surface area contributed by atoms with Gasteiger partial charge in [0.15, 0.2) is 0 Å². The van der Waals surface area contributed by atoms with E-state index >= 15 is 0 Å². The lowest BCUT2D eigenvalue weighted by molar-refractivity contribution is -0.117. The molecule has 0 aliphatic carbocycles. The van der Waals surface area contributed by atoms with E-state index in [4.69, 9.17) is 0 Å². The zero-order valence-electron chi connectivity index (χ0n) is 15.8. The van der Waals surface area contributed by atoms with Crippen molar-refractivity contribution in [2.45, 2.75) is 31.7 Å². The molecule has 144 valence electrons. The molecule has 2 rings (SSSR count). The van der Waals surface area contributed by atoms with Crippen LogP contribution in [0.3, 0.4) is 0 Å². The van der Waals surface area contributed by atoms with E-state index in [1.54, 1.807) is 42.7 Å². The summed E-state index contributed by atoms with van der Waals surface area (Å²) in [6.07, 6.45) is 6.46. The first-order valence-corrected chi connectivity index (χ1v) is 10.3. The number of benzene rings is 1. The Hall–Kier alpha value is -2.51. The third kappa shape index (κ3) is 5.48. The number of hydrogen-bond donors (Lipinski definition) is 1.